The average molecular weight is 561 g/mol. The highest BCUT2D eigenvalue weighted by molar-refractivity contribution is 7.90. The zero-order valence-corrected chi connectivity index (χ0v) is 22.6. The zero-order chi connectivity index (χ0) is 28.3. The fourth-order valence-corrected chi connectivity index (χ4v) is 5.60. The average Bonchev–Trinajstić information content (AvgIpc) is 3.32. The second-order valence-electron chi connectivity index (χ2n) is 9.80. The largest absolute Gasteiger partial charge is 0.472 e. The molecule has 12 heteroatoms. The molecule has 1 aliphatic rings. The molecule has 5 rings (SSSR count). The normalized spacial score (nSPS) is 14.9. The van der Waals surface area contributed by atoms with Gasteiger partial charge in [0.1, 0.15) is 12.0 Å². The summed E-state index contributed by atoms with van der Waals surface area (Å²) in [5.74, 6) is 0.772. The Morgan fingerprint density at radius 1 is 1.12 bits per heavy atom. The molecule has 11 nitrogen and oxygen atoms in total. The van der Waals surface area contributed by atoms with Gasteiger partial charge < -0.3 is 20.1 Å². The van der Waals surface area contributed by atoms with E-state index in [9.17, 15) is 23.6 Å². The van der Waals surface area contributed by atoms with Gasteiger partial charge in [-0.1, -0.05) is 30.3 Å². The van der Waals surface area contributed by atoms with Crippen LogP contribution in [0.4, 0.5) is 16.3 Å². The number of rotatable bonds is 8. The fraction of sp³-hybridized carbons (Fsp3) is 0.286. The van der Waals surface area contributed by atoms with Crippen LogP contribution in [-0.4, -0.2) is 58.6 Å². The van der Waals surface area contributed by atoms with Crippen LogP contribution in [-0.2, 0) is 22.0 Å². The number of pyridine rings is 1. The minimum atomic E-state index is -3.36. The van der Waals surface area contributed by atoms with E-state index in [0.717, 1.165) is 11.8 Å². The van der Waals surface area contributed by atoms with Gasteiger partial charge in [0.05, 0.1) is 28.4 Å². The third-order valence-corrected chi connectivity index (χ3v) is 8.27. The standard InChI is InChI=1S/C28H28N6O5S/c1-40(37,38)22-9-7-21(8-10-22)31-25-24-23(11-16-30-26(24)39-19-20-5-3-2-4-6-20)34(32-25)28(12-15-29)13-17-33(18-14-28)27(35)36/h2-11,16H,12-14,17-19H2,1H3,(H,31,32)(H,35,36). The second kappa shape index (κ2) is 10.9. The van der Waals surface area contributed by atoms with Crippen LogP contribution in [0.1, 0.15) is 24.8 Å². The summed E-state index contributed by atoms with van der Waals surface area (Å²) in [7, 11) is -3.36. The molecule has 0 spiro atoms. The number of anilines is 2. The highest BCUT2D eigenvalue weighted by Crippen LogP contribution is 2.40. The van der Waals surface area contributed by atoms with E-state index in [1.807, 2.05) is 30.3 Å². The van der Waals surface area contributed by atoms with Crippen LogP contribution < -0.4 is 10.1 Å². The van der Waals surface area contributed by atoms with Gasteiger partial charge in [-0.3, -0.25) is 4.68 Å². The van der Waals surface area contributed by atoms with Gasteiger partial charge in [-0.25, -0.2) is 18.2 Å². The highest BCUT2D eigenvalue weighted by atomic mass is 32.2. The number of piperidine rings is 1. The van der Waals surface area contributed by atoms with Gasteiger partial charge in [0.25, 0.3) is 0 Å². The molecule has 206 valence electrons. The van der Waals surface area contributed by atoms with Crippen molar-refractivity contribution in [3.8, 4) is 11.9 Å². The maximum atomic E-state index is 11.9. The number of nitrogens with one attached hydrogen (secondary N) is 1. The van der Waals surface area contributed by atoms with E-state index in [1.165, 1.54) is 17.0 Å². The molecule has 3 heterocycles. The van der Waals surface area contributed by atoms with E-state index in [0.29, 0.717) is 41.1 Å². The van der Waals surface area contributed by atoms with Crippen LogP contribution >= 0.6 is 0 Å². The summed E-state index contributed by atoms with van der Waals surface area (Å²) in [6.45, 7) is 0.824. The topological polar surface area (TPSA) is 150 Å². The fourth-order valence-electron chi connectivity index (χ4n) is 4.97. The smallest absolute Gasteiger partial charge is 0.407 e. The number of fused-ring (bicyclic) bond motifs is 1. The van der Waals surface area contributed by atoms with Gasteiger partial charge in [0, 0.05) is 31.2 Å². The summed E-state index contributed by atoms with van der Waals surface area (Å²) >= 11 is 0. The molecule has 1 fully saturated rings. The Hall–Kier alpha value is -4.63. The third-order valence-electron chi connectivity index (χ3n) is 7.14. The number of aromatic nitrogens is 3. The van der Waals surface area contributed by atoms with Gasteiger partial charge >= 0.3 is 6.09 Å². The highest BCUT2D eigenvalue weighted by Gasteiger charge is 2.40. The number of likely N-dealkylation sites (tertiary alicyclic amines) is 1. The summed E-state index contributed by atoms with van der Waals surface area (Å²) in [5.41, 5.74) is 1.51. The third kappa shape index (κ3) is 5.41. The summed E-state index contributed by atoms with van der Waals surface area (Å²) in [5, 5.41) is 28.0. The summed E-state index contributed by atoms with van der Waals surface area (Å²) in [6, 6.07) is 20.1. The van der Waals surface area contributed by atoms with Crippen molar-refractivity contribution in [2.45, 2.75) is 36.3 Å². The second-order valence-corrected chi connectivity index (χ2v) is 11.8. The van der Waals surface area contributed by atoms with E-state index in [2.05, 4.69) is 16.4 Å². The molecule has 0 radical (unpaired) electrons. The molecule has 4 aromatic rings. The molecule has 1 saturated heterocycles. The van der Waals surface area contributed by atoms with Gasteiger partial charge in [0.15, 0.2) is 15.7 Å². The van der Waals surface area contributed by atoms with E-state index >= 15 is 0 Å². The maximum absolute atomic E-state index is 11.9. The van der Waals surface area contributed by atoms with Crippen molar-refractivity contribution in [2.24, 2.45) is 0 Å². The minimum Gasteiger partial charge on any atom is -0.472 e. The minimum absolute atomic E-state index is 0.141. The van der Waals surface area contributed by atoms with Crippen LogP contribution in [0, 0.1) is 11.3 Å². The molecule has 40 heavy (non-hydrogen) atoms. The first-order valence-electron chi connectivity index (χ1n) is 12.7. The van der Waals surface area contributed by atoms with Crippen molar-refractivity contribution in [2.75, 3.05) is 24.7 Å². The first-order chi connectivity index (χ1) is 19.2. The Morgan fingerprint density at radius 3 is 2.45 bits per heavy atom. The number of carbonyl (C=O) groups is 1. The van der Waals surface area contributed by atoms with E-state index < -0.39 is 21.5 Å². The zero-order valence-electron chi connectivity index (χ0n) is 21.8. The van der Waals surface area contributed by atoms with Gasteiger partial charge in [-0.2, -0.15) is 10.4 Å². The van der Waals surface area contributed by atoms with Gasteiger partial charge in [0.2, 0.25) is 5.88 Å². The van der Waals surface area contributed by atoms with Gasteiger partial charge in [-0.05, 0) is 48.7 Å². The van der Waals surface area contributed by atoms with Crippen LogP contribution in [0.5, 0.6) is 5.88 Å². The Morgan fingerprint density at radius 2 is 1.82 bits per heavy atom. The molecule has 2 aromatic carbocycles. The molecular formula is C28H28N6O5S. The summed E-state index contributed by atoms with van der Waals surface area (Å²) < 4.78 is 31.8. The molecule has 0 aliphatic carbocycles. The van der Waals surface area contributed by atoms with E-state index in [4.69, 9.17) is 9.84 Å². The predicted octanol–water partition coefficient (Wildman–Crippen LogP) is 4.54. The Bertz CT molecular complexity index is 1670. The summed E-state index contributed by atoms with van der Waals surface area (Å²) in [4.78, 5) is 17.6. The lowest BCUT2D eigenvalue weighted by atomic mass is 9.85. The number of nitriles is 1. The van der Waals surface area contributed by atoms with Crippen LogP contribution in [0.25, 0.3) is 10.9 Å². The van der Waals surface area contributed by atoms with Crippen molar-refractivity contribution in [1.82, 2.24) is 19.7 Å². The monoisotopic (exact) mass is 560 g/mol. The van der Waals surface area contributed by atoms with Crippen molar-refractivity contribution in [3.63, 3.8) is 0 Å². The van der Waals surface area contributed by atoms with E-state index in [1.54, 1.807) is 29.1 Å². The van der Waals surface area contributed by atoms with Crippen molar-refractivity contribution >= 4 is 38.3 Å². The van der Waals surface area contributed by atoms with Crippen molar-refractivity contribution in [1.29, 1.82) is 5.26 Å². The molecule has 0 atom stereocenters. The number of hydrogen-bond acceptors (Lipinski definition) is 8. The Balaban J connectivity index is 1.59. The number of carboxylic acid groups (broad SMARTS) is 1. The summed E-state index contributed by atoms with van der Waals surface area (Å²) in [6.07, 6.45) is 2.75. The molecule has 2 N–H and O–H groups in total. The van der Waals surface area contributed by atoms with Crippen molar-refractivity contribution < 1.29 is 23.1 Å². The first kappa shape index (κ1) is 27.0. The van der Waals surface area contributed by atoms with Crippen LogP contribution in [0.15, 0.2) is 71.8 Å². The number of sulfone groups is 1. The predicted molar refractivity (Wildman–Crippen MR) is 148 cm³/mol. The van der Waals surface area contributed by atoms with Crippen LogP contribution in [0.2, 0.25) is 0 Å². The number of hydrogen-bond donors (Lipinski definition) is 2. The SMILES string of the molecule is CS(=O)(=O)c1ccc(Nc2nn(C3(CC#N)CCN(C(=O)O)CC3)c3ccnc(OCc4ccccc4)c23)cc1. The molecule has 0 saturated carbocycles. The van der Waals surface area contributed by atoms with Crippen molar-refractivity contribution in [3.05, 3.63) is 72.4 Å². The van der Waals surface area contributed by atoms with Crippen LogP contribution in [0.3, 0.4) is 0 Å². The number of nitrogens with zero attached hydrogens (tertiary/aromatic N) is 5. The quantitative estimate of drug-likeness (QED) is 0.316. The Labute approximate surface area is 231 Å². The lowest BCUT2D eigenvalue weighted by Crippen LogP contribution is -2.48. The molecule has 1 aliphatic heterocycles. The maximum Gasteiger partial charge on any atom is 0.407 e. The number of ether oxygens (including phenoxy) is 1. The lowest BCUT2D eigenvalue weighted by molar-refractivity contribution is 0.0912. The number of benzene rings is 2. The molecular weight excluding hydrogens is 532 g/mol. The lowest BCUT2D eigenvalue weighted by Gasteiger charge is -2.40. The molecule has 2 aromatic heterocycles. The molecule has 0 unspecified atom stereocenters. The molecule has 1 amide bonds. The molecule has 0 bridgehead atoms. The Kier molecular flexibility index (Phi) is 7.32. The first-order valence-corrected chi connectivity index (χ1v) is 14.6. The van der Waals surface area contributed by atoms with E-state index in [-0.39, 0.29) is 31.0 Å². The van der Waals surface area contributed by atoms with Gasteiger partial charge in [-0.15, -0.1) is 0 Å². The number of amides is 1.